The van der Waals surface area contributed by atoms with Crippen molar-refractivity contribution in [3.8, 4) is 0 Å². The van der Waals surface area contributed by atoms with Crippen molar-refractivity contribution < 1.29 is 19.1 Å². The molecule has 2 atom stereocenters. The molecule has 1 amide bonds. The number of nitrogens with one attached hydrogen (secondary N) is 1. The van der Waals surface area contributed by atoms with Crippen LogP contribution in [0.1, 0.15) is 24.8 Å². The van der Waals surface area contributed by atoms with E-state index in [1.54, 1.807) is 18.2 Å². The van der Waals surface area contributed by atoms with Gasteiger partial charge in [0.25, 0.3) is 0 Å². The van der Waals surface area contributed by atoms with E-state index in [-0.39, 0.29) is 24.3 Å². The number of benzene rings is 1. The quantitative estimate of drug-likeness (QED) is 0.871. The summed E-state index contributed by atoms with van der Waals surface area (Å²) in [4.78, 5) is 22.6. The van der Waals surface area contributed by atoms with Crippen molar-refractivity contribution in [3.63, 3.8) is 0 Å². The highest BCUT2D eigenvalue weighted by Gasteiger charge is 2.30. The van der Waals surface area contributed by atoms with Gasteiger partial charge >= 0.3 is 5.97 Å². The van der Waals surface area contributed by atoms with Crippen molar-refractivity contribution in [2.75, 3.05) is 0 Å². The van der Waals surface area contributed by atoms with Crippen LogP contribution in [0.4, 0.5) is 4.39 Å². The number of carbonyl (C=O) groups is 2. The van der Waals surface area contributed by atoms with Gasteiger partial charge < -0.3 is 10.4 Å². The van der Waals surface area contributed by atoms with Gasteiger partial charge in [-0.1, -0.05) is 18.2 Å². The Morgan fingerprint density at radius 3 is 2.68 bits per heavy atom. The minimum atomic E-state index is -0.814. The van der Waals surface area contributed by atoms with Crippen LogP contribution in [-0.2, 0) is 16.0 Å². The van der Waals surface area contributed by atoms with E-state index < -0.39 is 11.8 Å². The summed E-state index contributed by atoms with van der Waals surface area (Å²) in [5, 5.41) is 11.6. The second-order valence-electron chi connectivity index (χ2n) is 4.88. The fraction of sp³-hybridized carbons (Fsp3) is 0.429. The van der Waals surface area contributed by atoms with E-state index in [0.717, 1.165) is 0 Å². The maximum Gasteiger partial charge on any atom is 0.306 e. The Hall–Kier alpha value is -1.91. The van der Waals surface area contributed by atoms with Crippen LogP contribution < -0.4 is 5.32 Å². The molecule has 1 fully saturated rings. The second-order valence-corrected chi connectivity index (χ2v) is 4.88. The maximum atomic E-state index is 13.4. The van der Waals surface area contributed by atoms with E-state index >= 15 is 0 Å². The van der Waals surface area contributed by atoms with Crippen LogP contribution in [0.3, 0.4) is 0 Å². The van der Waals surface area contributed by atoms with Gasteiger partial charge in [0.1, 0.15) is 5.82 Å². The first kappa shape index (κ1) is 13.5. The molecule has 102 valence electrons. The number of rotatable bonds is 4. The molecule has 1 aliphatic rings. The Labute approximate surface area is 110 Å². The Balaban J connectivity index is 1.86. The zero-order valence-corrected chi connectivity index (χ0v) is 10.4. The summed E-state index contributed by atoms with van der Waals surface area (Å²) in [6.07, 6.45) is 1.69. The molecule has 2 rings (SSSR count). The maximum absolute atomic E-state index is 13.4. The summed E-state index contributed by atoms with van der Waals surface area (Å²) >= 11 is 0. The van der Waals surface area contributed by atoms with E-state index in [2.05, 4.69) is 5.32 Å². The minimum Gasteiger partial charge on any atom is -0.481 e. The third-order valence-corrected chi connectivity index (χ3v) is 3.46. The first-order valence-electron chi connectivity index (χ1n) is 6.32. The smallest absolute Gasteiger partial charge is 0.306 e. The van der Waals surface area contributed by atoms with E-state index in [1.807, 2.05) is 0 Å². The van der Waals surface area contributed by atoms with Crippen molar-refractivity contribution in [2.45, 2.75) is 31.7 Å². The lowest BCUT2D eigenvalue weighted by molar-refractivity contribution is -0.141. The SMILES string of the molecule is O=C(Cc1ccccc1F)NC1CCC(C(=O)O)C1. The molecule has 1 aromatic rings. The van der Waals surface area contributed by atoms with E-state index in [9.17, 15) is 14.0 Å². The van der Waals surface area contributed by atoms with E-state index in [1.165, 1.54) is 6.07 Å². The molecule has 0 bridgehead atoms. The van der Waals surface area contributed by atoms with Gasteiger partial charge in [-0.15, -0.1) is 0 Å². The van der Waals surface area contributed by atoms with Gasteiger partial charge in [-0.25, -0.2) is 4.39 Å². The lowest BCUT2D eigenvalue weighted by Gasteiger charge is -2.12. The standard InChI is InChI=1S/C14H16FNO3/c15-12-4-2-1-3-9(12)8-13(17)16-11-6-5-10(7-11)14(18)19/h1-4,10-11H,5-8H2,(H,16,17)(H,18,19). The molecule has 1 aliphatic carbocycles. The van der Waals surface area contributed by atoms with Gasteiger partial charge in [0.15, 0.2) is 0 Å². The predicted octanol–water partition coefficient (Wildman–Crippen LogP) is 1.74. The van der Waals surface area contributed by atoms with Crippen LogP contribution in [0.2, 0.25) is 0 Å². The summed E-state index contributed by atoms with van der Waals surface area (Å²) in [6, 6.07) is 6.04. The molecule has 0 spiro atoms. The topological polar surface area (TPSA) is 66.4 Å². The van der Waals surface area contributed by atoms with Gasteiger partial charge in [-0.05, 0) is 30.9 Å². The first-order chi connectivity index (χ1) is 9.06. The number of aliphatic carboxylic acids is 1. The lowest BCUT2D eigenvalue weighted by atomic mass is 10.1. The monoisotopic (exact) mass is 265 g/mol. The normalized spacial score (nSPS) is 22.2. The average Bonchev–Trinajstić information content (AvgIpc) is 2.80. The summed E-state index contributed by atoms with van der Waals surface area (Å²) in [5.41, 5.74) is 0.354. The highest BCUT2D eigenvalue weighted by molar-refractivity contribution is 5.79. The number of carboxylic acid groups (broad SMARTS) is 1. The largest absolute Gasteiger partial charge is 0.481 e. The van der Waals surface area contributed by atoms with Crippen molar-refractivity contribution in [2.24, 2.45) is 5.92 Å². The zero-order chi connectivity index (χ0) is 13.8. The molecule has 4 nitrogen and oxygen atoms in total. The molecule has 0 aromatic heterocycles. The van der Waals surface area contributed by atoms with Crippen LogP contribution in [-0.4, -0.2) is 23.0 Å². The molecule has 0 aliphatic heterocycles. The van der Waals surface area contributed by atoms with Crippen LogP contribution in [0.5, 0.6) is 0 Å². The van der Waals surface area contributed by atoms with Crippen LogP contribution in [0.25, 0.3) is 0 Å². The molecular formula is C14H16FNO3. The summed E-state index contributed by atoms with van der Waals surface area (Å²) < 4.78 is 13.4. The summed E-state index contributed by atoms with van der Waals surface area (Å²) in [6.45, 7) is 0. The number of carboxylic acids is 1. The first-order valence-corrected chi connectivity index (χ1v) is 6.32. The molecule has 1 aromatic carbocycles. The van der Waals surface area contributed by atoms with Gasteiger partial charge in [-0.2, -0.15) is 0 Å². The molecule has 1 saturated carbocycles. The molecule has 2 unspecified atom stereocenters. The number of hydrogen-bond donors (Lipinski definition) is 2. The Bertz CT molecular complexity index is 489. The van der Waals surface area contributed by atoms with Crippen LogP contribution >= 0.6 is 0 Å². The van der Waals surface area contributed by atoms with E-state index in [4.69, 9.17) is 5.11 Å². The van der Waals surface area contributed by atoms with Gasteiger partial charge in [-0.3, -0.25) is 9.59 Å². The third kappa shape index (κ3) is 3.53. The van der Waals surface area contributed by atoms with E-state index in [0.29, 0.717) is 24.8 Å². The van der Waals surface area contributed by atoms with Crippen LogP contribution in [0, 0.1) is 11.7 Å². The van der Waals surface area contributed by atoms with Crippen molar-refractivity contribution in [1.29, 1.82) is 0 Å². The number of amides is 1. The number of hydrogen-bond acceptors (Lipinski definition) is 2. The Morgan fingerprint density at radius 1 is 1.32 bits per heavy atom. The Morgan fingerprint density at radius 2 is 2.05 bits per heavy atom. The average molecular weight is 265 g/mol. The highest BCUT2D eigenvalue weighted by Crippen LogP contribution is 2.25. The molecule has 19 heavy (non-hydrogen) atoms. The second kappa shape index (κ2) is 5.82. The number of halogens is 1. The predicted molar refractivity (Wildman–Crippen MR) is 67.0 cm³/mol. The molecule has 2 N–H and O–H groups in total. The minimum absolute atomic E-state index is 0.0130. The van der Waals surface area contributed by atoms with Crippen molar-refractivity contribution >= 4 is 11.9 Å². The van der Waals surface area contributed by atoms with Crippen LogP contribution in [0.15, 0.2) is 24.3 Å². The zero-order valence-electron chi connectivity index (χ0n) is 10.4. The van der Waals surface area contributed by atoms with Crippen molar-refractivity contribution in [3.05, 3.63) is 35.6 Å². The number of carbonyl (C=O) groups excluding carboxylic acids is 1. The molecular weight excluding hydrogens is 249 g/mol. The third-order valence-electron chi connectivity index (χ3n) is 3.46. The highest BCUT2D eigenvalue weighted by atomic mass is 19.1. The lowest BCUT2D eigenvalue weighted by Crippen LogP contribution is -2.34. The summed E-state index contributed by atoms with van der Waals surface area (Å²) in [7, 11) is 0. The van der Waals surface area contributed by atoms with Gasteiger partial charge in [0, 0.05) is 6.04 Å². The van der Waals surface area contributed by atoms with Crippen molar-refractivity contribution in [1.82, 2.24) is 5.32 Å². The Kier molecular flexibility index (Phi) is 4.14. The summed E-state index contributed by atoms with van der Waals surface area (Å²) in [5.74, 6) is -1.85. The molecule has 5 heteroatoms. The fourth-order valence-corrected chi connectivity index (χ4v) is 2.43. The molecule has 0 radical (unpaired) electrons. The van der Waals surface area contributed by atoms with Gasteiger partial charge in [0.05, 0.1) is 12.3 Å². The van der Waals surface area contributed by atoms with Gasteiger partial charge in [0.2, 0.25) is 5.91 Å². The fourth-order valence-electron chi connectivity index (χ4n) is 2.43. The molecule has 0 heterocycles. The molecule has 0 saturated heterocycles.